The van der Waals surface area contributed by atoms with Gasteiger partial charge in [-0.3, -0.25) is 4.98 Å². The molecule has 0 bridgehead atoms. The highest BCUT2D eigenvalue weighted by Gasteiger charge is 2.09. The second-order valence-electron chi connectivity index (χ2n) is 8.27. The molecule has 0 saturated carbocycles. The van der Waals surface area contributed by atoms with E-state index >= 15 is 0 Å². The summed E-state index contributed by atoms with van der Waals surface area (Å²) in [6.45, 7) is 7.63. The third kappa shape index (κ3) is 6.74. The summed E-state index contributed by atoms with van der Waals surface area (Å²) in [5, 5.41) is 7.55. The highest BCUT2D eigenvalue weighted by Crippen LogP contribution is 2.33. The van der Waals surface area contributed by atoms with Crippen molar-refractivity contribution >= 4 is 46.1 Å². The predicted molar refractivity (Wildman–Crippen MR) is 149 cm³/mol. The monoisotopic (exact) mass is 516 g/mol. The first kappa shape index (κ1) is 25.9. The van der Waals surface area contributed by atoms with Crippen LogP contribution in [-0.2, 0) is 0 Å². The molecular weight excluding hydrogens is 488 g/mol. The van der Waals surface area contributed by atoms with Gasteiger partial charge in [-0.25, -0.2) is 14.8 Å². The normalized spacial score (nSPS) is 11.0. The molecule has 0 saturated heterocycles. The van der Waals surface area contributed by atoms with Crippen molar-refractivity contribution in [3.8, 4) is 11.5 Å². The van der Waals surface area contributed by atoms with Crippen LogP contribution in [0.2, 0.25) is 5.02 Å². The summed E-state index contributed by atoms with van der Waals surface area (Å²) in [6, 6.07) is 15.0. The highest BCUT2D eigenvalue weighted by molar-refractivity contribution is 6.32. The van der Waals surface area contributed by atoms with Crippen LogP contribution < -0.4 is 15.4 Å². The number of nitrogens with one attached hydrogen (secondary N) is 2. The van der Waals surface area contributed by atoms with E-state index in [9.17, 15) is 4.79 Å². The van der Waals surface area contributed by atoms with Crippen molar-refractivity contribution in [2.24, 2.45) is 0 Å². The summed E-state index contributed by atoms with van der Waals surface area (Å²) in [4.78, 5) is 26.9. The van der Waals surface area contributed by atoms with Crippen LogP contribution in [0.15, 0.2) is 67.1 Å². The Labute approximate surface area is 221 Å². The number of halogens is 1. The molecule has 4 aromatic rings. The van der Waals surface area contributed by atoms with Crippen molar-refractivity contribution in [3.05, 3.63) is 83.4 Å². The average Bonchev–Trinajstić information content (AvgIpc) is 2.90. The predicted octanol–water partition coefficient (Wildman–Crippen LogP) is 6.59. The quantitative estimate of drug-likeness (QED) is 0.261. The fourth-order valence-electron chi connectivity index (χ4n) is 3.68. The van der Waals surface area contributed by atoms with Crippen LogP contribution in [0.3, 0.4) is 0 Å². The summed E-state index contributed by atoms with van der Waals surface area (Å²) in [5.41, 5.74) is 3.45. The molecule has 0 unspecified atom stereocenters. The fraction of sp³-hybridized carbons (Fsp3) is 0.214. The Balaban J connectivity index is 1.47. The molecule has 0 spiro atoms. The van der Waals surface area contributed by atoms with Gasteiger partial charge in [0.1, 0.15) is 23.6 Å². The van der Waals surface area contributed by atoms with Gasteiger partial charge in [-0.15, -0.1) is 0 Å². The first-order valence-corrected chi connectivity index (χ1v) is 12.5. The standard InChI is InChI=1S/C28H29ClN6O2/c1-4-35(5-2)28(36)30-14-6-7-20-9-12-25-23(15-20)27(33-18-32-25)34-21-10-13-26(24(29)16-21)37-22-11-8-19(3)31-17-22/h6-13,15-18H,4-5,14H2,1-3H3,(H,30,36)(H,32,33,34). The van der Waals surface area contributed by atoms with Crippen LogP contribution in [0.4, 0.5) is 16.3 Å². The van der Waals surface area contributed by atoms with Gasteiger partial charge in [-0.1, -0.05) is 29.8 Å². The van der Waals surface area contributed by atoms with Crippen molar-refractivity contribution < 1.29 is 9.53 Å². The lowest BCUT2D eigenvalue weighted by Crippen LogP contribution is -2.39. The third-order valence-corrected chi connectivity index (χ3v) is 5.99. The van der Waals surface area contributed by atoms with Crippen LogP contribution in [0.25, 0.3) is 17.0 Å². The van der Waals surface area contributed by atoms with E-state index in [0.717, 1.165) is 27.8 Å². The molecule has 2 N–H and O–H groups in total. The number of nitrogens with zero attached hydrogens (tertiary/aromatic N) is 4. The van der Waals surface area contributed by atoms with Gasteiger partial charge < -0.3 is 20.3 Å². The molecule has 37 heavy (non-hydrogen) atoms. The minimum absolute atomic E-state index is 0.0707. The maximum atomic E-state index is 12.1. The zero-order valence-corrected chi connectivity index (χ0v) is 21.8. The SMILES string of the molecule is CCN(CC)C(=O)NCC=Cc1ccc2ncnc(Nc3ccc(Oc4ccc(C)nc4)c(Cl)c3)c2c1. The second-order valence-corrected chi connectivity index (χ2v) is 8.67. The van der Waals surface area contributed by atoms with Crippen molar-refractivity contribution in [2.45, 2.75) is 20.8 Å². The van der Waals surface area contributed by atoms with E-state index < -0.39 is 0 Å². The van der Waals surface area contributed by atoms with E-state index in [4.69, 9.17) is 16.3 Å². The lowest BCUT2D eigenvalue weighted by atomic mass is 10.1. The highest BCUT2D eigenvalue weighted by atomic mass is 35.5. The zero-order valence-electron chi connectivity index (χ0n) is 21.0. The molecule has 0 aliphatic carbocycles. The maximum Gasteiger partial charge on any atom is 0.317 e. The Bertz CT molecular complexity index is 1400. The van der Waals surface area contributed by atoms with Crippen LogP contribution >= 0.6 is 11.6 Å². The first-order valence-electron chi connectivity index (χ1n) is 12.1. The molecular formula is C28H29ClN6O2. The number of benzene rings is 2. The number of ether oxygens (including phenoxy) is 1. The van der Waals surface area contributed by atoms with Gasteiger partial charge in [-0.2, -0.15) is 0 Å². The molecule has 0 fully saturated rings. The van der Waals surface area contributed by atoms with Gasteiger partial charge in [0, 0.05) is 36.4 Å². The van der Waals surface area contributed by atoms with Crippen molar-refractivity contribution in [1.82, 2.24) is 25.2 Å². The second kappa shape index (κ2) is 12.2. The number of aryl methyl sites for hydroxylation is 1. The molecule has 2 amide bonds. The number of fused-ring (bicyclic) bond motifs is 1. The third-order valence-electron chi connectivity index (χ3n) is 5.70. The topological polar surface area (TPSA) is 92.3 Å². The Morgan fingerprint density at radius 1 is 1.05 bits per heavy atom. The Kier molecular flexibility index (Phi) is 8.53. The summed E-state index contributed by atoms with van der Waals surface area (Å²) >= 11 is 6.49. The molecule has 0 radical (unpaired) electrons. The van der Waals surface area contributed by atoms with Gasteiger partial charge >= 0.3 is 6.03 Å². The fourth-order valence-corrected chi connectivity index (χ4v) is 3.90. The van der Waals surface area contributed by atoms with E-state index in [-0.39, 0.29) is 6.03 Å². The zero-order chi connectivity index (χ0) is 26.2. The van der Waals surface area contributed by atoms with Crippen LogP contribution in [0, 0.1) is 6.92 Å². The van der Waals surface area contributed by atoms with Crippen molar-refractivity contribution in [3.63, 3.8) is 0 Å². The van der Waals surface area contributed by atoms with Crippen LogP contribution in [-0.4, -0.2) is 45.5 Å². The molecule has 9 heteroatoms. The van der Waals surface area contributed by atoms with Gasteiger partial charge in [0.15, 0.2) is 0 Å². The van der Waals surface area contributed by atoms with Crippen LogP contribution in [0.1, 0.15) is 25.1 Å². The van der Waals surface area contributed by atoms with Crippen molar-refractivity contribution in [1.29, 1.82) is 0 Å². The smallest absolute Gasteiger partial charge is 0.317 e. The largest absolute Gasteiger partial charge is 0.454 e. The van der Waals surface area contributed by atoms with E-state index in [0.29, 0.717) is 42.0 Å². The minimum Gasteiger partial charge on any atom is -0.454 e. The number of carbonyl (C=O) groups excluding carboxylic acids is 1. The summed E-state index contributed by atoms with van der Waals surface area (Å²) in [5.74, 6) is 1.80. The number of rotatable bonds is 9. The lowest BCUT2D eigenvalue weighted by Gasteiger charge is -2.18. The van der Waals surface area contributed by atoms with E-state index in [2.05, 4.69) is 25.6 Å². The summed E-state index contributed by atoms with van der Waals surface area (Å²) in [7, 11) is 0. The Hall–Kier alpha value is -4.17. The number of hydrogen-bond donors (Lipinski definition) is 2. The number of hydrogen-bond acceptors (Lipinski definition) is 6. The number of amides is 2. The van der Waals surface area contributed by atoms with E-state index in [1.165, 1.54) is 6.33 Å². The van der Waals surface area contributed by atoms with Gasteiger partial charge in [0.2, 0.25) is 0 Å². The molecule has 0 aliphatic rings. The maximum absolute atomic E-state index is 12.1. The molecule has 0 atom stereocenters. The van der Waals surface area contributed by atoms with E-state index in [1.54, 1.807) is 23.2 Å². The number of urea groups is 1. The van der Waals surface area contributed by atoms with Crippen molar-refractivity contribution in [2.75, 3.05) is 25.0 Å². The van der Waals surface area contributed by atoms with Gasteiger partial charge in [0.05, 0.1) is 16.7 Å². The first-order chi connectivity index (χ1) is 18.0. The lowest BCUT2D eigenvalue weighted by molar-refractivity contribution is 0.204. The number of pyridine rings is 1. The van der Waals surface area contributed by atoms with Crippen LogP contribution in [0.5, 0.6) is 11.5 Å². The molecule has 8 nitrogen and oxygen atoms in total. The number of carbonyl (C=O) groups is 1. The van der Waals surface area contributed by atoms with Gasteiger partial charge in [0.25, 0.3) is 0 Å². The minimum atomic E-state index is -0.0707. The number of anilines is 2. The molecule has 2 aromatic carbocycles. The van der Waals surface area contributed by atoms with Gasteiger partial charge in [-0.05, 0) is 68.8 Å². The average molecular weight is 517 g/mol. The van der Waals surface area contributed by atoms with E-state index in [1.807, 2.05) is 69.3 Å². The molecule has 2 aromatic heterocycles. The number of aromatic nitrogens is 3. The Morgan fingerprint density at radius 3 is 2.62 bits per heavy atom. The summed E-state index contributed by atoms with van der Waals surface area (Å²) in [6.07, 6.45) is 7.06. The Morgan fingerprint density at radius 2 is 1.89 bits per heavy atom. The summed E-state index contributed by atoms with van der Waals surface area (Å²) < 4.78 is 5.86. The molecule has 190 valence electrons. The molecule has 0 aliphatic heterocycles. The molecule has 4 rings (SSSR count). The molecule has 2 heterocycles.